The lowest BCUT2D eigenvalue weighted by Gasteiger charge is -2.12. The summed E-state index contributed by atoms with van der Waals surface area (Å²) < 4.78 is 0. The summed E-state index contributed by atoms with van der Waals surface area (Å²) in [7, 11) is 4.01. The second-order valence-corrected chi connectivity index (χ2v) is 7.80. The Balaban J connectivity index is 1.79. The molecule has 0 fully saturated rings. The van der Waals surface area contributed by atoms with Gasteiger partial charge in [0.2, 0.25) is 0 Å². The first-order valence-electron chi connectivity index (χ1n) is 8.40. The van der Waals surface area contributed by atoms with E-state index in [9.17, 15) is 9.90 Å². The van der Waals surface area contributed by atoms with Crippen LogP contribution in [0.3, 0.4) is 0 Å². The van der Waals surface area contributed by atoms with Crippen molar-refractivity contribution in [3.63, 3.8) is 0 Å². The fourth-order valence-electron chi connectivity index (χ4n) is 2.61. The van der Waals surface area contributed by atoms with Crippen LogP contribution in [0, 0.1) is 0 Å². The summed E-state index contributed by atoms with van der Waals surface area (Å²) in [5.41, 5.74) is 3.81. The maximum Gasteiger partial charge on any atom is 0.308 e. The van der Waals surface area contributed by atoms with Crippen molar-refractivity contribution in [2.45, 2.75) is 13.0 Å². The van der Waals surface area contributed by atoms with Crippen molar-refractivity contribution in [3.05, 3.63) is 64.0 Å². The number of carboxylic acids is 1. The van der Waals surface area contributed by atoms with Crippen molar-refractivity contribution in [1.82, 2.24) is 4.98 Å². The first kappa shape index (κ1) is 19.2. The molecule has 2 aromatic carbocycles. The van der Waals surface area contributed by atoms with Crippen molar-refractivity contribution in [3.8, 4) is 11.3 Å². The number of carbonyl (C=O) groups is 1. The van der Waals surface area contributed by atoms with Gasteiger partial charge in [-0.15, -0.1) is 11.3 Å². The monoisotopic (exact) mass is 401 g/mol. The van der Waals surface area contributed by atoms with Gasteiger partial charge in [-0.1, -0.05) is 35.9 Å². The average molecular weight is 402 g/mol. The smallest absolute Gasteiger partial charge is 0.308 e. The number of nitrogens with one attached hydrogen (secondary N) is 1. The van der Waals surface area contributed by atoms with Crippen molar-refractivity contribution < 1.29 is 9.90 Å². The molecule has 1 heterocycles. The third kappa shape index (κ3) is 4.99. The minimum Gasteiger partial charge on any atom is -0.481 e. The molecule has 1 aromatic heterocycles. The van der Waals surface area contributed by atoms with E-state index in [1.165, 1.54) is 11.3 Å². The number of rotatable bonds is 7. The normalized spacial score (nSPS) is 10.6. The summed E-state index contributed by atoms with van der Waals surface area (Å²) in [6.07, 6.45) is -0.0607. The molecule has 0 unspecified atom stereocenters. The van der Waals surface area contributed by atoms with Gasteiger partial charge < -0.3 is 15.3 Å². The zero-order valence-electron chi connectivity index (χ0n) is 15.1. The minimum atomic E-state index is -0.875. The summed E-state index contributed by atoms with van der Waals surface area (Å²) in [4.78, 5) is 18.6. The SMILES string of the molecule is CN(C)c1ccc(CNc2nc(-c3ccc(Cl)cc3)c(CC(=O)O)s2)cc1. The number of nitrogens with zero attached hydrogens (tertiary/aromatic N) is 2. The molecule has 0 aliphatic rings. The fraction of sp³-hybridized carbons (Fsp3) is 0.200. The molecular weight excluding hydrogens is 382 g/mol. The highest BCUT2D eigenvalue weighted by Gasteiger charge is 2.16. The zero-order chi connectivity index (χ0) is 19.4. The first-order chi connectivity index (χ1) is 12.9. The van der Waals surface area contributed by atoms with Crippen LogP contribution >= 0.6 is 22.9 Å². The average Bonchev–Trinajstić information content (AvgIpc) is 3.03. The predicted octanol–water partition coefficient (Wildman–Crippen LogP) is 4.77. The molecule has 0 radical (unpaired) electrons. The Kier molecular flexibility index (Phi) is 5.98. The Bertz CT molecular complexity index is 921. The number of hydrogen-bond acceptors (Lipinski definition) is 5. The van der Waals surface area contributed by atoms with Crippen LogP contribution in [0.4, 0.5) is 10.8 Å². The van der Waals surface area contributed by atoms with E-state index in [0.29, 0.717) is 22.4 Å². The van der Waals surface area contributed by atoms with Crippen LogP contribution in [0.2, 0.25) is 5.02 Å². The second-order valence-electron chi connectivity index (χ2n) is 6.28. The maximum atomic E-state index is 11.2. The van der Waals surface area contributed by atoms with E-state index in [0.717, 1.165) is 21.7 Å². The summed E-state index contributed by atoms with van der Waals surface area (Å²) >= 11 is 7.32. The van der Waals surface area contributed by atoms with E-state index in [1.54, 1.807) is 12.1 Å². The van der Waals surface area contributed by atoms with Gasteiger partial charge in [-0.3, -0.25) is 4.79 Å². The number of halogens is 1. The lowest BCUT2D eigenvalue weighted by Crippen LogP contribution is -2.08. The summed E-state index contributed by atoms with van der Waals surface area (Å²) in [5, 5.41) is 13.8. The molecule has 3 aromatic rings. The topological polar surface area (TPSA) is 65.5 Å². The highest BCUT2D eigenvalue weighted by Crippen LogP contribution is 2.32. The molecule has 0 aliphatic carbocycles. The molecule has 0 saturated carbocycles. The zero-order valence-corrected chi connectivity index (χ0v) is 16.6. The van der Waals surface area contributed by atoms with Gasteiger partial charge in [0.25, 0.3) is 0 Å². The Hall–Kier alpha value is -2.57. The molecule has 0 saturated heterocycles. The Morgan fingerprint density at radius 1 is 1.15 bits per heavy atom. The van der Waals surface area contributed by atoms with E-state index in [2.05, 4.69) is 39.5 Å². The van der Waals surface area contributed by atoms with Crippen molar-refractivity contribution in [2.75, 3.05) is 24.3 Å². The molecule has 0 bridgehead atoms. The van der Waals surface area contributed by atoms with Gasteiger partial charge in [0.05, 0.1) is 12.1 Å². The molecule has 27 heavy (non-hydrogen) atoms. The molecule has 2 N–H and O–H groups in total. The molecule has 0 amide bonds. The van der Waals surface area contributed by atoms with Gasteiger partial charge in [-0.05, 0) is 29.8 Å². The molecule has 140 valence electrons. The van der Waals surface area contributed by atoms with Crippen LogP contribution < -0.4 is 10.2 Å². The lowest BCUT2D eigenvalue weighted by molar-refractivity contribution is -0.136. The van der Waals surface area contributed by atoms with Crippen LogP contribution in [0.5, 0.6) is 0 Å². The van der Waals surface area contributed by atoms with E-state index >= 15 is 0 Å². The number of aliphatic carboxylic acids is 1. The summed E-state index contributed by atoms with van der Waals surface area (Å²) in [6, 6.07) is 15.5. The van der Waals surface area contributed by atoms with E-state index in [4.69, 9.17) is 11.6 Å². The number of hydrogen-bond donors (Lipinski definition) is 2. The van der Waals surface area contributed by atoms with Gasteiger partial charge in [-0.25, -0.2) is 4.98 Å². The second kappa shape index (κ2) is 8.41. The number of anilines is 2. The standard InChI is InChI=1S/C20H20ClN3O2S/c1-24(2)16-9-3-13(4-10-16)12-22-20-23-19(17(27-20)11-18(25)26)14-5-7-15(21)8-6-14/h3-10H,11-12H2,1-2H3,(H,22,23)(H,25,26). The third-order valence-corrected chi connectivity index (χ3v) is 5.29. The largest absolute Gasteiger partial charge is 0.481 e. The van der Waals surface area contributed by atoms with Gasteiger partial charge >= 0.3 is 5.97 Å². The lowest BCUT2D eigenvalue weighted by atomic mass is 10.1. The molecule has 0 spiro atoms. The van der Waals surface area contributed by atoms with Crippen molar-refractivity contribution >= 4 is 39.7 Å². The number of aromatic nitrogens is 1. The van der Waals surface area contributed by atoms with Gasteiger partial charge in [0, 0.05) is 41.8 Å². The van der Waals surface area contributed by atoms with Crippen LogP contribution in [-0.4, -0.2) is 30.2 Å². The van der Waals surface area contributed by atoms with Crippen LogP contribution in [-0.2, 0) is 17.8 Å². The fourth-order valence-corrected chi connectivity index (χ4v) is 3.70. The summed E-state index contributed by atoms with van der Waals surface area (Å²) in [6.45, 7) is 0.619. The molecule has 5 nitrogen and oxygen atoms in total. The molecule has 7 heteroatoms. The Labute approximate surface area is 167 Å². The van der Waals surface area contributed by atoms with Gasteiger partial charge in [0.1, 0.15) is 0 Å². The van der Waals surface area contributed by atoms with E-state index in [1.807, 2.05) is 26.2 Å². The van der Waals surface area contributed by atoms with Crippen molar-refractivity contribution in [1.29, 1.82) is 0 Å². The number of benzene rings is 2. The highest BCUT2D eigenvalue weighted by atomic mass is 35.5. The highest BCUT2D eigenvalue weighted by molar-refractivity contribution is 7.16. The van der Waals surface area contributed by atoms with Crippen LogP contribution in [0.15, 0.2) is 48.5 Å². The Morgan fingerprint density at radius 3 is 2.41 bits per heavy atom. The minimum absolute atomic E-state index is 0.0607. The van der Waals surface area contributed by atoms with Gasteiger partial charge in [-0.2, -0.15) is 0 Å². The maximum absolute atomic E-state index is 11.2. The molecular formula is C20H20ClN3O2S. The molecule has 0 aliphatic heterocycles. The van der Waals surface area contributed by atoms with E-state index < -0.39 is 5.97 Å². The van der Waals surface area contributed by atoms with Crippen LogP contribution in [0.25, 0.3) is 11.3 Å². The molecule has 3 rings (SSSR count). The first-order valence-corrected chi connectivity index (χ1v) is 9.59. The van der Waals surface area contributed by atoms with Crippen LogP contribution in [0.1, 0.15) is 10.4 Å². The molecule has 0 atom stereocenters. The quantitative estimate of drug-likeness (QED) is 0.597. The van der Waals surface area contributed by atoms with E-state index in [-0.39, 0.29) is 6.42 Å². The third-order valence-electron chi connectivity index (χ3n) is 4.02. The van der Waals surface area contributed by atoms with Crippen molar-refractivity contribution in [2.24, 2.45) is 0 Å². The van der Waals surface area contributed by atoms with Gasteiger partial charge in [0.15, 0.2) is 5.13 Å². The predicted molar refractivity (Wildman–Crippen MR) is 112 cm³/mol. The Morgan fingerprint density at radius 2 is 1.81 bits per heavy atom. The summed E-state index contributed by atoms with van der Waals surface area (Å²) in [5.74, 6) is -0.875. The number of thiazole rings is 1. The number of carboxylic acid groups (broad SMARTS) is 1.